The SMILES string of the molecule is COCC(=O)Cn1c2ccccc2c(=O)c2ccccc21. The number of carbonyl (C=O) groups excluding carboxylic acids is 1. The van der Waals surface area contributed by atoms with Crippen LogP contribution in [0.5, 0.6) is 0 Å². The minimum atomic E-state index is -0.0311. The van der Waals surface area contributed by atoms with Crippen molar-refractivity contribution in [3.63, 3.8) is 0 Å². The minimum Gasteiger partial charge on any atom is -0.377 e. The van der Waals surface area contributed by atoms with E-state index in [-0.39, 0.29) is 24.4 Å². The molecule has 0 bridgehead atoms. The van der Waals surface area contributed by atoms with Crippen molar-refractivity contribution in [2.75, 3.05) is 13.7 Å². The molecule has 4 nitrogen and oxygen atoms in total. The van der Waals surface area contributed by atoms with E-state index in [9.17, 15) is 9.59 Å². The van der Waals surface area contributed by atoms with Crippen LogP contribution < -0.4 is 5.43 Å². The van der Waals surface area contributed by atoms with Crippen LogP contribution in [-0.4, -0.2) is 24.1 Å². The second-order valence-corrected chi connectivity index (χ2v) is 4.92. The average Bonchev–Trinajstić information content (AvgIpc) is 2.52. The van der Waals surface area contributed by atoms with Crippen molar-refractivity contribution < 1.29 is 9.53 Å². The zero-order valence-corrected chi connectivity index (χ0v) is 11.7. The average molecular weight is 281 g/mol. The van der Waals surface area contributed by atoms with Gasteiger partial charge in [0.15, 0.2) is 11.2 Å². The van der Waals surface area contributed by atoms with E-state index in [1.54, 1.807) is 12.1 Å². The van der Waals surface area contributed by atoms with Gasteiger partial charge in [-0.05, 0) is 24.3 Å². The summed E-state index contributed by atoms with van der Waals surface area (Å²) in [6.07, 6.45) is 0. The van der Waals surface area contributed by atoms with Gasteiger partial charge in [-0.1, -0.05) is 24.3 Å². The van der Waals surface area contributed by atoms with Crippen molar-refractivity contribution in [2.45, 2.75) is 6.54 Å². The third-order valence-electron chi connectivity index (χ3n) is 3.52. The molecule has 0 fully saturated rings. The minimum absolute atomic E-state index is 0.00311. The summed E-state index contributed by atoms with van der Waals surface area (Å²) >= 11 is 0. The van der Waals surface area contributed by atoms with E-state index in [0.717, 1.165) is 11.0 Å². The molecule has 3 rings (SSSR count). The summed E-state index contributed by atoms with van der Waals surface area (Å²) in [4.78, 5) is 24.5. The number of para-hydroxylation sites is 2. The van der Waals surface area contributed by atoms with Gasteiger partial charge in [-0.25, -0.2) is 0 Å². The van der Waals surface area contributed by atoms with E-state index in [2.05, 4.69) is 0 Å². The molecule has 4 heteroatoms. The van der Waals surface area contributed by atoms with E-state index in [4.69, 9.17) is 4.74 Å². The number of fused-ring (bicyclic) bond motifs is 2. The molecule has 0 saturated heterocycles. The summed E-state index contributed by atoms with van der Waals surface area (Å²) in [5, 5.41) is 1.25. The molecule has 0 aliphatic rings. The Bertz CT molecular complexity index is 820. The van der Waals surface area contributed by atoms with Crippen LogP contribution in [0, 0.1) is 0 Å². The van der Waals surface area contributed by atoms with Gasteiger partial charge in [0.1, 0.15) is 6.61 Å². The van der Waals surface area contributed by atoms with Crippen LogP contribution in [0.3, 0.4) is 0 Å². The van der Waals surface area contributed by atoms with Crippen LogP contribution in [-0.2, 0) is 16.1 Å². The number of ether oxygens (including phenoxy) is 1. The molecule has 3 aromatic rings. The number of pyridine rings is 1. The summed E-state index contributed by atoms with van der Waals surface area (Å²) in [7, 11) is 1.50. The Morgan fingerprint density at radius 1 is 1.00 bits per heavy atom. The fourth-order valence-corrected chi connectivity index (χ4v) is 2.63. The molecule has 2 aromatic carbocycles. The van der Waals surface area contributed by atoms with Crippen LogP contribution in [0.1, 0.15) is 0 Å². The highest BCUT2D eigenvalue weighted by Crippen LogP contribution is 2.19. The summed E-state index contributed by atoms with van der Waals surface area (Å²) in [6, 6.07) is 14.7. The van der Waals surface area contributed by atoms with E-state index < -0.39 is 0 Å². The molecule has 106 valence electrons. The lowest BCUT2D eigenvalue weighted by Gasteiger charge is -2.14. The second kappa shape index (κ2) is 5.50. The molecule has 0 N–H and O–H groups in total. The maximum atomic E-state index is 12.5. The Labute approximate surface area is 121 Å². The van der Waals surface area contributed by atoms with Crippen molar-refractivity contribution in [3.8, 4) is 0 Å². The van der Waals surface area contributed by atoms with Crippen molar-refractivity contribution in [1.29, 1.82) is 0 Å². The quantitative estimate of drug-likeness (QED) is 0.690. The number of methoxy groups -OCH3 is 1. The highest BCUT2D eigenvalue weighted by molar-refractivity contribution is 5.95. The summed E-state index contributed by atoms with van der Waals surface area (Å²) in [5.41, 5.74) is 1.54. The van der Waals surface area contributed by atoms with Gasteiger partial charge in [0.25, 0.3) is 0 Å². The van der Waals surface area contributed by atoms with Crippen LogP contribution in [0.25, 0.3) is 21.8 Å². The maximum Gasteiger partial charge on any atom is 0.197 e. The smallest absolute Gasteiger partial charge is 0.197 e. The Kier molecular flexibility index (Phi) is 3.54. The van der Waals surface area contributed by atoms with E-state index in [1.807, 2.05) is 41.0 Å². The lowest BCUT2D eigenvalue weighted by molar-refractivity contribution is -0.123. The van der Waals surface area contributed by atoms with Crippen LogP contribution in [0.4, 0.5) is 0 Å². The zero-order valence-electron chi connectivity index (χ0n) is 11.7. The molecule has 0 aliphatic heterocycles. The molecule has 0 amide bonds. The standard InChI is InChI=1S/C17H15NO3/c1-21-11-12(19)10-18-15-8-4-2-6-13(15)17(20)14-7-3-5-9-16(14)18/h2-9H,10-11H2,1H3. The van der Waals surface area contributed by atoms with Gasteiger partial charge in [0, 0.05) is 17.9 Å². The number of ketones is 1. The van der Waals surface area contributed by atoms with E-state index >= 15 is 0 Å². The lowest BCUT2D eigenvalue weighted by atomic mass is 10.1. The van der Waals surface area contributed by atoms with Gasteiger partial charge in [-0.2, -0.15) is 0 Å². The Hall–Kier alpha value is -2.46. The highest BCUT2D eigenvalue weighted by atomic mass is 16.5. The summed E-state index contributed by atoms with van der Waals surface area (Å²) < 4.78 is 6.78. The largest absolute Gasteiger partial charge is 0.377 e. The third kappa shape index (κ3) is 2.34. The number of rotatable bonds is 4. The number of nitrogens with zero attached hydrogens (tertiary/aromatic N) is 1. The van der Waals surface area contributed by atoms with E-state index in [0.29, 0.717) is 10.8 Å². The molecule has 0 aliphatic carbocycles. The number of hydrogen-bond donors (Lipinski definition) is 0. The number of Topliss-reactive ketones (excluding diaryl/α,β-unsaturated/α-hetero) is 1. The molecule has 0 radical (unpaired) electrons. The summed E-state index contributed by atoms with van der Waals surface area (Å²) in [6.45, 7) is 0.254. The van der Waals surface area contributed by atoms with Gasteiger partial charge in [-0.3, -0.25) is 9.59 Å². The van der Waals surface area contributed by atoms with Gasteiger partial charge in [-0.15, -0.1) is 0 Å². The van der Waals surface area contributed by atoms with E-state index in [1.165, 1.54) is 7.11 Å². The van der Waals surface area contributed by atoms with Gasteiger partial charge in [0.05, 0.1) is 17.6 Å². The van der Waals surface area contributed by atoms with Crippen LogP contribution in [0.2, 0.25) is 0 Å². The first-order valence-electron chi connectivity index (χ1n) is 6.73. The van der Waals surface area contributed by atoms with Gasteiger partial charge >= 0.3 is 0 Å². The van der Waals surface area contributed by atoms with Gasteiger partial charge < -0.3 is 9.30 Å². The molecule has 1 heterocycles. The Morgan fingerprint density at radius 2 is 1.52 bits per heavy atom. The number of aromatic nitrogens is 1. The first-order valence-corrected chi connectivity index (χ1v) is 6.73. The zero-order chi connectivity index (χ0) is 14.8. The fourth-order valence-electron chi connectivity index (χ4n) is 2.63. The first-order chi connectivity index (χ1) is 10.2. The Balaban J connectivity index is 2.35. The number of carbonyl (C=O) groups is 1. The van der Waals surface area contributed by atoms with Crippen molar-refractivity contribution in [1.82, 2.24) is 4.57 Å². The molecule has 21 heavy (non-hydrogen) atoms. The molecule has 0 saturated carbocycles. The molecule has 1 aromatic heterocycles. The second-order valence-electron chi connectivity index (χ2n) is 4.92. The van der Waals surface area contributed by atoms with Gasteiger partial charge in [0.2, 0.25) is 0 Å². The predicted molar refractivity (Wildman–Crippen MR) is 82.6 cm³/mol. The lowest BCUT2D eigenvalue weighted by Crippen LogP contribution is -2.19. The highest BCUT2D eigenvalue weighted by Gasteiger charge is 2.12. The normalized spacial score (nSPS) is 11.1. The molecule has 0 unspecified atom stereocenters. The first kappa shape index (κ1) is 13.5. The summed E-state index contributed by atoms with van der Waals surface area (Å²) in [5.74, 6) is -0.0311. The number of benzene rings is 2. The molecular weight excluding hydrogens is 266 g/mol. The predicted octanol–water partition coefficient (Wildman–Crippen LogP) is 2.37. The Morgan fingerprint density at radius 3 is 2.05 bits per heavy atom. The van der Waals surface area contributed by atoms with Crippen LogP contribution in [0.15, 0.2) is 53.3 Å². The third-order valence-corrected chi connectivity index (χ3v) is 3.52. The molecular formula is C17H15NO3. The monoisotopic (exact) mass is 281 g/mol. The van der Waals surface area contributed by atoms with Crippen LogP contribution >= 0.6 is 0 Å². The molecule has 0 spiro atoms. The maximum absolute atomic E-state index is 12.5. The van der Waals surface area contributed by atoms with Crippen molar-refractivity contribution in [2.24, 2.45) is 0 Å². The number of hydrogen-bond acceptors (Lipinski definition) is 3. The molecule has 0 atom stereocenters. The topological polar surface area (TPSA) is 48.3 Å². The van der Waals surface area contributed by atoms with Crippen molar-refractivity contribution in [3.05, 3.63) is 58.8 Å². The van der Waals surface area contributed by atoms with Crippen molar-refractivity contribution >= 4 is 27.6 Å². The fraction of sp³-hybridized carbons (Fsp3) is 0.176.